The molecule has 2 nitrogen and oxygen atoms in total. The van der Waals surface area contributed by atoms with Gasteiger partial charge in [0.05, 0.1) is 0 Å². The van der Waals surface area contributed by atoms with Crippen LogP contribution in [0.25, 0.3) is 0 Å². The number of rotatable bonds is 8. The van der Waals surface area contributed by atoms with Gasteiger partial charge in [-0.15, -0.1) is 11.3 Å². The summed E-state index contributed by atoms with van der Waals surface area (Å²) in [6, 6.07) is 2.75. The summed E-state index contributed by atoms with van der Waals surface area (Å²) in [6.07, 6.45) is 1.19. The summed E-state index contributed by atoms with van der Waals surface area (Å²) in [5.74, 6) is 0. The van der Waals surface area contributed by atoms with E-state index in [0.717, 1.165) is 19.6 Å². The molecule has 0 radical (unpaired) electrons. The molecule has 0 aliphatic carbocycles. The lowest BCUT2D eigenvalue weighted by Gasteiger charge is -2.36. The Balaban J connectivity index is 2.47. The summed E-state index contributed by atoms with van der Waals surface area (Å²) in [7, 11) is 2.21. The van der Waals surface area contributed by atoms with E-state index in [9.17, 15) is 0 Å². The number of hydrogen-bond acceptors (Lipinski definition) is 3. The zero-order chi connectivity index (χ0) is 14.5. The summed E-state index contributed by atoms with van der Waals surface area (Å²) in [4.78, 5) is 3.84. The minimum absolute atomic E-state index is 0.276. The standard InChI is InChI=1S/C15H27BrN2S/c1-6-7-17-12(2)15(3,4)11-18(5)9-14-8-13(16)10-19-14/h8,10,12,17H,6-7,9,11H2,1-5H3. The fourth-order valence-corrected chi connectivity index (χ4v) is 3.76. The van der Waals surface area contributed by atoms with E-state index in [2.05, 4.69) is 72.3 Å². The average molecular weight is 347 g/mol. The summed E-state index contributed by atoms with van der Waals surface area (Å²) in [5.41, 5.74) is 0.276. The lowest BCUT2D eigenvalue weighted by atomic mass is 9.84. The van der Waals surface area contributed by atoms with Crippen molar-refractivity contribution in [2.24, 2.45) is 5.41 Å². The van der Waals surface area contributed by atoms with Crippen molar-refractivity contribution in [1.29, 1.82) is 0 Å². The van der Waals surface area contributed by atoms with Crippen LogP contribution in [0.1, 0.15) is 39.0 Å². The minimum Gasteiger partial charge on any atom is -0.314 e. The van der Waals surface area contributed by atoms with Gasteiger partial charge in [-0.05, 0) is 54.3 Å². The predicted molar refractivity (Wildman–Crippen MR) is 89.9 cm³/mol. The molecule has 0 bridgehead atoms. The van der Waals surface area contributed by atoms with E-state index in [1.165, 1.54) is 15.8 Å². The van der Waals surface area contributed by atoms with E-state index >= 15 is 0 Å². The van der Waals surface area contributed by atoms with Crippen LogP contribution in [0.3, 0.4) is 0 Å². The van der Waals surface area contributed by atoms with Crippen LogP contribution in [0, 0.1) is 5.41 Å². The first-order chi connectivity index (χ1) is 8.85. The molecule has 0 saturated heterocycles. The molecule has 1 rings (SSSR count). The highest BCUT2D eigenvalue weighted by molar-refractivity contribution is 9.10. The highest BCUT2D eigenvalue weighted by Gasteiger charge is 2.26. The molecule has 0 amide bonds. The van der Waals surface area contributed by atoms with E-state index in [-0.39, 0.29) is 5.41 Å². The van der Waals surface area contributed by atoms with Gasteiger partial charge in [-0.2, -0.15) is 0 Å². The molecule has 19 heavy (non-hydrogen) atoms. The molecular formula is C15H27BrN2S. The van der Waals surface area contributed by atoms with Crippen LogP contribution in [0.2, 0.25) is 0 Å². The molecule has 0 saturated carbocycles. The Morgan fingerprint density at radius 1 is 1.47 bits per heavy atom. The second-order valence-electron chi connectivity index (χ2n) is 6.07. The third-order valence-corrected chi connectivity index (χ3v) is 5.28. The van der Waals surface area contributed by atoms with Crippen molar-refractivity contribution in [3.8, 4) is 0 Å². The third kappa shape index (κ3) is 5.94. The Morgan fingerprint density at radius 2 is 2.16 bits per heavy atom. The molecule has 0 aromatic carbocycles. The maximum Gasteiger partial charge on any atom is 0.0325 e. The number of hydrogen-bond donors (Lipinski definition) is 1. The molecule has 1 N–H and O–H groups in total. The quantitative estimate of drug-likeness (QED) is 0.752. The van der Waals surface area contributed by atoms with Crippen molar-refractivity contribution in [3.05, 3.63) is 20.8 Å². The predicted octanol–water partition coefficient (Wildman–Crippen LogP) is 4.36. The molecule has 0 aliphatic rings. The molecule has 1 aromatic rings. The fourth-order valence-electron chi connectivity index (χ4n) is 2.23. The average Bonchev–Trinajstić information content (AvgIpc) is 2.70. The van der Waals surface area contributed by atoms with Crippen molar-refractivity contribution < 1.29 is 0 Å². The fraction of sp³-hybridized carbons (Fsp3) is 0.733. The lowest BCUT2D eigenvalue weighted by Crippen LogP contribution is -2.45. The van der Waals surface area contributed by atoms with Crippen molar-refractivity contribution in [3.63, 3.8) is 0 Å². The van der Waals surface area contributed by atoms with Gasteiger partial charge in [0.25, 0.3) is 0 Å². The zero-order valence-electron chi connectivity index (χ0n) is 12.8. The van der Waals surface area contributed by atoms with Gasteiger partial charge in [0, 0.05) is 33.9 Å². The monoisotopic (exact) mass is 346 g/mol. The molecular weight excluding hydrogens is 320 g/mol. The molecule has 1 atom stereocenters. The Kier molecular flexibility index (Phi) is 7.01. The van der Waals surface area contributed by atoms with Gasteiger partial charge in [-0.25, -0.2) is 0 Å². The van der Waals surface area contributed by atoms with Crippen molar-refractivity contribution in [2.45, 2.75) is 46.7 Å². The van der Waals surface area contributed by atoms with Crippen molar-refractivity contribution in [1.82, 2.24) is 10.2 Å². The van der Waals surface area contributed by atoms with Crippen LogP contribution in [0.4, 0.5) is 0 Å². The second-order valence-corrected chi connectivity index (χ2v) is 7.98. The van der Waals surface area contributed by atoms with E-state index in [1.54, 1.807) is 0 Å². The van der Waals surface area contributed by atoms with Gasteiger partial charge >= 0.3 is 0 Å². The molecule has 1 unspecified atom stereocenters. The Hall–Kier alpha value is 0.1000. The number of nitrogens with one attached hydrogen (secondary N) is 1. The zero-order valence-corrected chi connectivity index (χ0v) is 15.2. The van der Waals surface area contributed by atoms with E-state index in [4.69, 9.17) is 0 Å². The number of halogens is 1. The Morgan fingerprint density at radius 3 is 2.68 bits per heavy atom. The van der Waals surface area contributed by atoms with Crippen LogP contribution >= 0.6 is 27.3 Å². The SMILES string of the molecule is CCCNC(C)C(C)(C)CN(C)Cc1cc(Br)cs1. The lowest BCUT2D eigenvalue weighted by molar-refractivity contribution is 0.161. The molecule has 0 aliphatic heterocycles. The Labute approximate surface area is 130 Å². The normalized spacial score (nSPS) is 14.1. The number of nitrogens with zero attached hydrogens (tertiary/aromatic N) is 1. The summed E-state index contributed by atoms with van der Waals surface area (Å²) < 4.78 is 1.19. The van der Waals surface area contributed by atoms with Gasteiger partial charge in [0.2, 0.25) is 0 Å². The van der Waals surface area contributed by atoms with Gasteiger partial charge in [-0.1, -0.05) is 20.8 Å². The van der Waals surface area contributed by atoms with Crippen molar-refractivity contribution in [2.75, 3.05) is 20.1 Å². The maximum absolute atomic E-state index is 3.61. The van der Waals surface area contributed by atoms with E-state index in [1.807, 2.05) is 11.3 Å². The first kappa shape index (κ1) is 17.2. The highest BCUT2D eigenvalue weighted by atomic mass is 79.9. The summed E-state index contributed by atoms with van der Waals surface area (Å²) in [6.45, 7) is 12.4. The first-order valence-electron chi connectivity index (χ1n) is 7.00. The van der Waals surface area contributed by atoms with Gasteiger partial charge in [-0.3, -0.25) is 0 Å². The smallest absolute Gasteiger partial charge is 0.0325 e. The topological polar surface area (TPSA) is 15.3 Å². The third-order valence-electron chi connectivity index (χ3n) is 3.60. The van der Waals surface area contributed by atoms with E-state index < -0.39 is 0 Å². The van der Waals surface area contributed by atoms with Crippen LogP contribution in [0.5, 0.6) is 0 Å². The van der Waals surface area contributed by atoms with Gasteiger partial charge < -0.3 is 10.2 Å². The molecule has 4 heteroatoms. The summed E-state index contributed by atoms with van der Waals surface area (Å²) >= 11 is 5.34. The maximum atomic E-state index is 3.61. The number of thiophene rings is 1. The van der Waals surface area contributed by atoms with E-state index in [0.29, 0.717) is 6.04 Å². The molecule has 0 fully saturated rings. The largest absolute Gasteiger partial charge is 0.314 e. The highest BCUT2D eigenvalue weighted by Crippen LogP contribution is 2.25. The van der Waals surface area contributed by atoms with Gasteiger partial charge in [0.1, 0.15) is 0 Å². The van der Waals surface area contributed by atoms with Crippen LogP contribution in [0.15, 0.2) is 15.9 Å². The minimum atomic E-state index is 0.276. The Bertz CT molecular complexity index is 376. The van der Waals surface area contributed by atoms with Crippen LogP contribution < -0.4 is 5.32 Å². The molecule has 0 spiro atoms. The first-order valence-corrected chi connectivity index (χ1v) is 8.67. The van der Waals surface area contributed by atoms with Gasteiger partial charge in [0.15, 0.2) is 0 Å². The molecule has 110 valence electrons. The van der Waals surface area contributed by atoms with Crippen LogP contribution in [-0.2, 0) is 6.54 Å². The molecule has 1 heterocycles. The van der Waals surface area contributed by atoms with Crippen molar-refractivity contribution >= 4 is 27.3 Å². The summed E-state index contributed by atoms with van der Waals surface area (Å²) in [5, 5.41) is 5.77. The second kappa shape index (κ2) is 7.77. The molecule has 1 aromatic heterocycles. The van der Waals surface area contributed by atoms with Crippen LogP contribution in [-0.4, -0.2) is 31.1 Å².